The number of piperazine rings is 1. The molecule has 45 heavy (non-hydrogen) atoms. The highest BCUT2D eigenvalue weighted by molar-refractivity contribution is 6.30. The van der Waals surface area contributed by atoms with Gasteiger partial charge in [-0.2, -0.15) is 0 Å². The lowest BCUT2D eigenvalue weighted by molar-refractivity contribution is -0.127. The maximum atomic E-state index is 13.3. The van der Waals surface area contributed by atoms with Gasteiger partial charge in [0.1, 0.15) is 12.2 Å². The first kappa shape index (κ1) is 34.0. The van der Waals surface area contributed by atoms with Crippen molar-refractivity contribution in [2.75, 3.05) is 39.8 Å². The summed E-state index contributed by atoms with van der Waals surface area (Å²) in [7, 11) is 1.83. The van der Waals surface area contributed by atoms with Crippen molar-refractivity contribution in [3.8, 4) is 0 Å². The van der Waals surface area contributed by atoms with E-state index in [-0.39, 0.29) is 30.8 Å². The number of nitrogens with one attached hydrogen (secondary N) is 1. The molecule has 242 valence electrons. The zero-order valence-electron chi connectivity index (χ0n) is 27.0. The zero-order valence-corrected chi connectivity index (χ0v) is 27.8. The number of fused-ring (bicyclic) bond motifs is 2. The highest BCUT2D eigenvalue weighted by Gasteiger charge is 2.37. The lowest BCUT2D eigenvalue weighted by Crippen LogP contribution is -2.51. The van der Waals surface area contributed by atoms with Crippen LogP contribution in [-0.4, -0.2) is 89.3 Å². The third-order valence-corrected chi connectivity index (χ3v) is 7.94. The second kappa shape index (κ2) is 14.5. The molecule has 1 fully saturated rings. The third-order valence-electron chi connectivity index (χ3n) is 7.71. The molecule has 1 aliphatic carbocycles. The number of amides is 2. The molecule has 0 spiro atoms. The van der Waals surface area contributed by atoms with E-state index in [1.165, 1.54) is 6.20 Å². The molecule has 3 N–H and O–H groups in total. The van der Waals surface area contributed by atoms with Crippen molar-refractivity contribution < 1.29 is 19.1 Å². The van der Waals surface area contributed by atoms with Crippen LogP contribution < -0.4 is 11.1 Å². The summed E-state index contributed by atoms with van der Waals surface area (Å²) >= 11 is 6.66. The van der Waals surface area contributed by atoms with Crippen molar-refractivity contribution in [3.05, 3.63) is 88.6 Å². The molecule has 1 aliphatic heterocycles. The average molecular weight is 637 g/mol. The molecule has 0 saturated carbocycles. The van der Waals surface area contributed by atoms with Gasteiger partial charge in [-0.05, 0) is 87.4 Å². The number of rotatable bonds is 9. The number of hydrogen-bond acceptors (Lipinski definition) is 8. The second-order valence-electron chi connectivity index (χ2n) is 12.5. The van der Waals surface area contributed by atoms with E-state index in [0.29, 0.717) is 36.9 Å². The number of nitrogens with zero attached hydrogens (tertiary/aromatic N) is 4. The zero-order chi connectivity index (χ0) is 32.9. The van der Waals surface area contributed by atoms with Gasteiger partial charge in [0.25, 0.3) is 0 Å². The fourth-order valence-corrected chi connectivity index (χ4v) is 5.74. The normalized spacial score (nSPS) is 17.9. The molecule has 2 unspecified atom stereocenters. The lowest BCUT2D eigenvalue weighted by Gasteiger charge is -2.40. The summed E-state index contributed by atoms with van der Waals surface area (Å²) in [4.78, 5) is 36.8. The van der Waals surface area contributed by atoms with Gasteiger partial charge in [0.15, 0.2) is 0 Å². The van der Waals surface area contributed by atoms with E-state index in [4.69, 9.17) is 31.8 Å². The Morgan fingerprint density at radius 2 is 1.93 bits per heavy atom. The Bertz CT molecular complexity index is 1460. The first-order chi connectivity index (χ1) is 21.3. The molecule has 1 aromatic heterocycles. The standard InChI is InChI=1S/C34H45ClN6O4/c1-8-39(7)28(20-36)31(38-29(42)21-44-22(2)3)27-18-23-10-9-13-37-30(23)32(25-12-11-24(35)19-26(25)27)40-14-16-41(17-15-40)33(43)45-34(4,5)6/h8-13,18-20,22,31-32H,1,14-17,21,36H2,2-7H3,(H,38,42)/b28-20-. The quantitative estimate of drug-likeness (QED) is 0.395. The van der Waals surface area contributed by atoms with Gasteiger partial charge in [-0.25, -0.2) is 4.79 Å². The van der Waals surface area contributed by atoms with E-state index in [0.717, 1.165) is 28.0 Å². The van der Waals surface area contributed by atoms with Gasteiger partial charge < -0.3 is 30.3 Å². The molecule has 2 heterocycles. The van der Waals surface area contributed by atoms with Crippen LogP contribution in [-0.2, 0) is 14.3 Å². The minimum Gasteiger partial charge on any atom is -0.444 e. The molecular formula is C34H45ClN6O4. The van der Waals surface area contributed by atoms with Crippen LogP contribution in [0.4, 0.5) is 4.79 Å². The summed E-state index contributed by atoms with van der Waals surface area (Å²) < 4.78 is 11.3. The highest BCUT2D eigenvalue weighted by atomic mass is 35.5. The summed E-state index contributed by atoms with van der Waals surface area (Å²) in [6, 6.07) is 8.81. The molecule has 1 saturated heterocycles. The van der Waals surface area contributed by atoms with Gasteiger partial charge in [0, 0.05) is 50.6 Å². The van der Waals surface area contributed by atoms with Crippen molar-refractivity contribution in [1.82, 2.24) is 25.0 Å². The molecule has 2 aromatic rings. The van der Waals surface area contributed by atoms with E-state index in [9.17, 15) is 9.59 Å². The Balaban J connectivity index is 1.80. The van der Waals surface area contributed by atoms with Crippen molar-refractivity contribution in [3.63, 3.8) is 0 Å². The maximum Gasteiger partial charge on any atom is 0.410 e. The highest BCUT2D eigenvalue weighted by Crippen LogP contribution is 2.42. The number of benzene rings is 1. The van der Waals surface area contributed by atoms with Crippen LogP contribution in [0.25, 0.3) is 11.6 Å². The van der Waals surface area contributed by atoms with Crippen LogP contribution in [0.2, 0.25) is 5.02 Å². The van der Waals surface area contributed by atoms with Gasteiger partial charge in [0.2, 0.25) is 5.91 Å². The third kappa shape index (κ3) is 8.25. The molecule has 0 radical (unpaired) electrons. The number of carbonyl (C=O) groups excluding carboxylic acids is 2. The van der Waals surface area contributed by atoms with Gasteiger partial charge in [0.05, 0.1) is 29.6 Å². The predicted molar refractivity (Wildman–Crippen MR) is 178 cm³/mol. The molecule has 1 aromatic carbocycles. The summed E-state index contributed by atoms with van der Waals surface area (Å²) in [6.45, 7) is 15.4. The number of aromatic nitrogens is 1. The van der Waals surface area contributed by atoms with Gasteiger partial charge in [-0.1, -0.05) is 30.3 Å². The second-order valence-corrected chi connectivity index (χ2v) is 12.9. The average Bonchev–Trinajstić information content (AvgIpc) is 3.13. The number of nitrogens with two attached hydrogens (primary N) is 1. The van der Waals surface area contributed by atoms with Crippen LogP contribution in [0, 0.1) is 0 Å². The first-order valence-corrected chi connectivity index (χ1v) is 15.6. The molecule has 0 bridgehead atoms. The van der Waals surface area contributed by atoms with Crippen LogP contribution >= 0.6 is 11.6 Å². The van der Waals surface area contributed by atoms with Gasteiger partial charge >= 0.3 is 6.09 Å². The summed E-state index contributed by atoms with van der Waals surface area (Å²) in [6.07, 6.45) is 6.52. The van der Waals surface area contributed by atoms with Crippen molar-refractivity contribution in [2.45, 2.75) is 58.4 Å². The Kier molecular flexibility index (Phi) is 11.0. The summed E-state index contributed by atoms with van der Waals surface area (Å²) in [5.74, 6) is -0.291. The molecule has 2 atom stereocenters. The van der Waals surface area contributed by atoms with Gasteiger partial charge in [-0.15, -0.1) is 0 Å². The van der Waals surface area contributed by atoms with Crippen molar-refractivity contribution in [1.29, 1.82) is 0 Å². The minimum absolute atomic E-state index is 0.109. The van der Waals surface area contributed by atoms with Crippen LogP contribution in [0.5, 0.6) is 0 Å². The topological polar surface area (TPSA) is 113 Å². The van der Waals surface area contributed by atoms with Crippen LogP contribution in [0.3, 0.4) is 0 Å². The van der Waals surface area contributed by atoms with E-state index in [1.54, 1.807) is 22.2 Å². The fraction of sp³-hybridized carbons (Fsp3) is 0.441. The van der Waals surface area contributed by atoms with E-state index < -0.39 is 11.6 Å². The van der Waals surface area contributed by atoms with Crippen LogP contribution in [0.15, 0.2) is 61.2 Å². The molecule has 2 aliphatic rings. The summed E-state index contributed by atoms with van der Waals surface area (Å²) in [5, 5.41) is 3.70. The Hall–Kier alpha value is -3.86. The largest absolute Gasteiger partial charge is 0.444 e. The van der Waals surface area contributed by atoms with Crippen LogP contribution in [0.1, 0.15) is 63.0 Å². The molecule has 10 nitrogen and oxygen atoms in total. The van der Waals surface area contributed by atoms with E-state index in [1.807, 2.05) is 78.1 Å². The molecular weight excluding hydrogens is 592 g/mol. The minimum atomic E-state index is -0.672. The number of carbonyl (C=O) groups is 2. The maximum absolute atomic E-state index is 13.3. The number of likely N-dealkylation sites (N-methyl/N-ethyl adjacent to an activating group) is 1. The van der Waals surface area contributed by atoms with Gasteiger partial charge in [-0.3, -0.25) is 14.7 Å². The SMILES string of the molecule is C=CN(C)/C(=C\N)C(NC(=O)COC(C)C)C1=Cc2cccnc2C(N2CCN(C(=O)OC(C)(C)C)CC2)c2ccc(Cl)cc21. The van der Waals surface area contributed by atoms with Crippen molar-refractivity contribution in [2.24, 2.45) is 5.73 Å². The monoisotopic (exact) mass is 636 g/mol. The predicted octanol–water partition coefficient (Wildman–Crippen LogP) is 5.02. The number of ether oxygens (including phenoxy) is 2. The Morgan fingerprint density at radius 1 is 1.22 bits per heavy atom. The number of hydrogen-bond donors (Lipinski definition) is 2. The molecule has 4 rings (SSSR count). The lowest BCUT2D eigenvalue weighted by atomic mass is 9.89. The van der Waals surface area contributed by atoms with E-state index in [2.05, 4.69) is 16.8 Å². The summed E-state index contributed by atoms with van der Waals surface area (Å²) in [5.41, 5.74) is 10.6. The molecule has 11 heteroatoms. The number of halogens is 1. The smallest absolute Gasteiger partial charge is 0.410 e. The Labute approximate surface area is 271 Å². The number of pyridine rings is 1. The van der Waals surface area contributed by atoms with E-state index >= 15 is 0 Å². The van der Waals surface area contributed by atoms with Crippen molar-refractivity contribution >= 4 is 35.3 Å². The Morgan fingerprint density at radius 3 is 2.56 bits per heavy atom. The molecule has 2 amide bonds. The fourth-order valence-electron chi connectivity index (χ4n) is 5.57. The first-order valence-electron chi connectivity index (χ1n) is 15.2.